The molecule has 9 heteroatoms. The number of ether oxygens (including phenoxy) is 2. The zero-order valence-electron chi connectivity index (χ0n) is 19.5. The Morgan fingerprint density at radius 3 is 2.64 bits per heavy atom. The Bertz CT molecular complexity index is 956. The molecule has 1 saturated heterocycles. The van der Waals surface area contributed by atoms with Crippen LogP contribution in [0, 0.1) is 0 Å². The average Bonchev–Trinajstić information content (AvgIpc) is 3.45. The maximum atomic E-state index is 12.5. The molecule has 0 saturated carbocycles. The monoisotopic (exact) mass is 568 g/mol. The molecular formula is C24H33IN4O4. The van der Waals surface area contributed by atoms with E-state index in [1.807, 2.05) is 11.8 Å². The number of amides is 1. The van der Waals surface area contributed by atoms with Crippen LogP contribution < -0.4 is 14.8 Å². The molecule has 0 aliphatic carbocycles. The van der Waals surface area contributed by atoms with E-state index in [-0.39, 0.29) is 36.0 Å². The van der Waals surface area contributed by atoms with Crippen molar-refractivity contribution in [3.63, 3.8) is 0 Å². The van der Waals surface area contributed by atoms with Gasteiger partial charge in [-0.3, -0.25) is 4.79 Å². The van der Waals surface area contributed by atoms with Gasteiger partial charge in [-0.25, -0.2) is 4.99 Å². The minimum atomic E-state index is -0.0645. The second kappa shape index (κ2) is 11.6. The third-order valence-corrected chi connectivity index (χ3v) is 5.71. The molecule has 0 radical (unpaired) electrons. The van der Waals surface area contributed by atoms with Gasteiger partial charge in [0.15, 0.2) is 11.7 Å². The number of furan rings is 1. The van der Waals surface area contributed by atoms with Crippen LogP contribution in [0.25, 0.3) is 0 Å². The number of piperazine rings is 1. The van der Waals surface area contributed by atoms with Crippen molar-refractivity contribution in [3.05, 3.63) is 47.4 Å². The van der Waals surface area contributed by atoms with Crippen LogP contribution in [0.3, 0.4) is 0 Å². The molecule has 1 amide bonds. The van der Waals surface area contributed by atoms with E-state index in [9.17, 15) is 4.79 Å². The number of halogens is 1. The normalized spacial score (nSPS) is 17.8. The lowest BCUT2D eigenvalue weighted by atomic mass is 10.1. The number of aliphatic imine (C=N–C) groups is 1. The van der Waals surface area contributed by atoms with Crippen molar-refractivity contribution in [2.24, 2.45) is 4.99 Å². The summed E-state index contributed by atoms with van der Waals surface area (Å²) in [6.45, 7) is 10.7. The van der Waals surface area contributed by atoms with Crippen LogP contribution in [-0.4, -0.2) is 67.1 Å². The van der Waals surface area contributed by atoms with Gasteiger partial charge in [0.1, 0.15) is 17.6 Å². The first-order valence-corrected chi connectivity index (χ1v) is 11.4. The van der Waals surface area contributed by atoms with Gasteiger partial charge < -0.3 is 29.0 Å². The van der Waals surface area contributed by atoms with Crippen LogP contribution in [0.2, 0.25) is 0 Å². The number of carbonyl (C=O) groups is 1. The summed E-state index contributed by atoms with van der Waals surface area (Å²) in [5.41, 5.74) is 2.21. The Morgan fingerprint density at radius 1 is 1.21 bits per heavy atom. The van der Waals surface area contributed by atoms with E-state index in [2.05, 4.69) is 36.2 Å². The second-order valence-electron chi connectivity index (χ2n) is 8.06. The quantitative estimate of drug-likeness (QED) is 0.327. The smallest absolute Gasteiger partial charge is 0.289 e. The van der Waals surface area contributed by atoms with Crippen molar-refractivity contribution < 1.29 is 18.7 Å². The highest BCUT2D eigenvalue weighted by Gasteiger charge is 2.26. The summed E-state index contributed by atoms with van der Waals surface area (Å²) < 4.78 is 17.1. The fourth-order valence-electron chi connectivity index (χ4n) is 4.16. The standard InChI is InChI=1S/C24H32N4O4.HI/c1-4-25-24(28-10-8-27(9-11-28)23(29)20-7-6-12-31-20)26-16-19-15-22-18(13-17(3)32-22)14-21(19)30-5-2;/h6-7,12,14-15,17H,4-5,8-11,13,16H2,1-3H3,(H,25,26);1H. The Hall–Kier alpha value is -2.43. The van der Waals surface area contributed by atoms with E-state index in [4.69, 9.17) is 18.9 Å². The highest BCUT2D eigenvalue weighted by molar-refractivity contribution is 14.0. The number of fused-ring (bicyclic) bond motifs is 1. The zero-order chi connectivity index (χ0) is 22.5. The maximum Gasteiger partial charge on any atom is 0.289 e. The number of hydrogen-bond acceptors (Lipinski definition) is 5. The number of hydrogen-bond donors (Lipinski definition) is 1. The van der Waals surface area contributed by atoms with Crippen molar-refractivity contribution >= 4 is 35.8 Å². The summed E-state index contributed by atoms with van der Waals surface area (Å²) >= 11 is 0. The van der Waals surface area contributed by atoms with Crippen LogP contribution in [0.15, 0.2) is 39.9 Å². The van der Waals surface area contributed by atoms with Crippen LogP contribution in [0.5, 0.6) is 11.5 Å². The predicted octanol–water partition coefficient (Wildman–Crippen LogP) is 3.54. The van der Waals surface area contributed by atoms with E-state index in [0.29, 0.717) is 45.1 Å². The van der Waals surface area contributed by atoms with E-state index in [0.717, 1.165) is 36.0 Å². The Labute approximate surface area is 212 Å². The molecule has 0 bridgehead atoms. The van der Waals surface area contributed by atoms with Crippen LogP contribution >= 0.6 is 24.0 Å². The van der Waals surface area contributed by atoms with Crippen molar-refractivity contribution in [2.45, 2.75) is 39.8 Å². The molecule has 1 aromatic carbocycles. The fourth-order valence-corrected chi connectivity index (χ4v) is 4.16. The lowest BCUT2D eigenvalue weighted by molar-refractivity contribution is 0.0657. The molecule has 180 valence electrons. The SMILES string of the molecule is CCNC(=NCc1cc2c(cc1OCC)CC(C)O2)N1CCN(C(=O)c2ccco2)CC1.I. The maximum absolute atomic E-state index is 12.5. The van der Waals surface area contributed by atoms with Gasteiger partial charge in [-0.05, 0) is 45.0 Å². The highest BCUT2D eigenvalue weighted by atomic mass is 127. The molecular weight excluding hydrogens is 535 g/mol. The molecule has 1 atom stereocenters. The molecule has 1 aromatic heterocycles. The third-order valence-electron chi connectivity index (χ3n) is 5.71. The molecule has 1 fully saturated rings. The first kappa shape index (κ1) is 25.2. The van der Waals surface area contributed by atoms with Crippen molar-refractivity contribution in [2.75, 3.05) is 39.3 Å². The minimum absolute atomic E-state index is 0. The number of carbonyl (C=O) groups excluding carboxylic acids is 1. The lowest BCUT2D eigenvalue weighted by Crippen LogP contribution is -2.53. The molecule has 1 N–H and O–H groups in total. The first-order chi connectivity index (χ1) is 15.6. The van der Waals surface area contributed by atoms with Crippen LogP contribution in [0.4, 0.5) is 0 Å². The van der Waals surface area contributed by atoms with Gasteiger partial charge in [0.05, 0.1) is 19.4 Å². The minimum Gasteiger partial charge on any atom is -0.494 e. The summed E-state index contributed by atoms with van der Waals surface area (Å²) in [5, 5.41) is 3.39. The van der Waals surface area contributed by atoms with E-state index in [1.54, 1.807) is 12.1 Å². The van der Waals surface area contributed by atoms with E-state index in [1.165, 1.54) is 11.8 Å². The lowest BCUT2D eigenvalue weighted by Gasteiger charge is -2.36. The van der Waals surface area contributed by atoms with Gasteiger partial charge in [0.25, 0.3) is 5.91 Å². The molecule has 2 aliphatic rings. The van der Waals surface area contributed by atoms with Gasteiger partial charge in [0, 0.05) is 50.3 Å². The van der Waals surface area contributed by atoms with Crippen LogP contribution in [-0.2, 0) is 13.0 Å². The summed E-state index contributed by atoms with van der Waals surface area (Å²) in [5.74, 6) is 2.97. The first-order valence-electron chi connectivity index (χ1n) is 11.4. The largest absolute Gasteiger partial charge is 0.494 e. The van der Waals surface area contributed by atoms with Crippen LogP contribution in [0.1, 0.15) is 42.5 Å². The van der Waals surface area contributed by atoms with Crippen molar-refractivity contribution in [1.82, 2.24) is 15.1 Å². The Kier molecular flexibility index (Phi) is 8.87. The summed E-state index contributed by atoms with van der Waals surface area (Å²) in [7, 11) is 0. The van der Waals surface area contributed by atoms with Gasteiger partial charge in [-0.15, -0.1) is 24.0 Å². The van der Waals surface area contributed by atoms with Gasteiger partial charge in [0.2, 0.25) is 0 Å². The number of benzene rings is 1. The highest BCUT2D eigenvalue weighted by Crippen LogP contribution is 2.35. The zero-order valence-corrected chi connectivity index (χ0v) is 21.8. The molecule has 3 heterocycles. The number of nitrogens with one attached hydrogen (secondary N) is 1. The summed E-state index contributed by atoms with van der Waals surface area (Å²) in [6, 6.07) is 7.61. The Morgan fingerprint density at radius 2 is 1.97 bits per heavy atom. The van der Waals surface area contributed by atoms with Gasteiger partial charge in [-0.2, -0.15) is 0 Å². The molecule has 1 unspecified atom stereocenters. The molecule has 8 nitrogen and oxygen atoms in total. The summed E-state index contributed by atoms with van der Waals surface area (Å²) in [4.78, 5) is 21.4. The topological polar surface area (TPSA) is 79.5 Å². The number of rotatable bonds is 6. The molecule has 2 aliphatic heterocycles. The molecule has 33 heavy (non-hydrogen) atoms. The number of nitrogens with zero attached hydrogens (tertiary/aromatic N) is 3. The molecule has 4 rings (SSSR count). The van der Waals surface area contributed by atoms with E-state index >= 15 is 0 Å². The second-order valence-corrected chi connectivity index (χ2v) is 8.06. The van der Waals surface area contributed by atoms with E-state index < -0.39 is 0 Å². The fraction of sp³-hybridized carbons (Fsp3) is 0.500. The number of guanidine groups is 1. The van der Waals surface area contributed by atoms with Gasteiger partial charge >= 0.3 is 0 Å². The van der Waals surface area contributed by atoms with Gasteiger partial charge in [-0.1, -0.05) is 0 Å². The third kappa shape index (κ3) is 5.93. The molecule has 0 spiro atoms. The van der Waals surface area contributed by atoms with Crippen molar-refractivity contribution in [1.29, 1.82) is 0 Å². The predicted molar refractivity (Wildman–Crippen MR) is 138 cm³/mol. The van der Waals surface area contributed by atoms with Crippen molar-refractivity contribution in [3.8, 4) is 11.5 Å². The Balaban J connectivity index is 0.00000306. The molecule has 2 aromatic rings. The average molecular weight is 568 g/mol. The summed E-state index contributed by atoms with van der Waals surface area (Å²) in [6.07, 6.45) is 2.62.